The fourth-order valence-electron chi connectivity index (χ4n) is 2.41. The van der Waals surface area contributed by atoms with Gasteiger partial charge in [0.15, 0.2) is 5.11 Å². The van der Waals surface area contributed by atoms with Crippen LogP contribution in [0.5, 0.6) is 0 Å². The Morgan fingerprint density at radius 3 is 2.76 bits per heavy atom. The first-order valence-electron chi connectivity index (χ1n) is 7.86. The Morgan fingerprint density at radius 1 is 1.20 bits per heavy atom. The molecule has 0 spiro atoms. The van der Waals surface area contributed by atoms with Crippen molar-refractivity contribution in [1.29, 1.82) is 0 Å². The normalized spacial score (nSPS) is 11.8. The summed E-state index contributed by atoms with van der Waals surface area (Å²) in [6.45, 7) is 2.64. The summed E-state index contributed by atoms with van der Waals surface area (Å²) in [5, 5.41) is 11.8. The first kappa shape index (κ1) is 17.4. The highest BCUT2D eigenvalue weighted by Gasteiger charge is 2.08. The second-order valence-corrected chi connectivity index (χ2v) is 6.47. The second-order valence-electron chi connectivity index (χ2n) is 5.63. The minimum atomic E-state index is 0.0924. The smallest absolute Gasteiger partial charge is 0.248 e. The van der Waals surface area contributed by atoms with Crippen molar-refractivity contribution in [2.24, 2.45) is 0 Å². The number of nitrogens with one attached hydrogen (secondary N) is 2. The quantitative estimate of drug-likeness (QED) is 0.663. The Hall–Kier alpha value is -2.44. The SMILES string of the molecule is CC(NC(=S)Nc1ncn(Cc2cccc(Cl)c2)n1)c1ccccc1. The van der Waals surface area contributed by atoms with Gasteiger partial charge in [-0.25, -0.2) is 9.67 Å². The monoisotopic (exact) mass is 371 g/mol. The Labute approximate surface area is 157 Å². The van der Waals surface area contributed by atoms with E-state index in [1.54, 1.807) is 11.0 Å². The van der Waals surface area contributed by atoms with Gasteiger partial charge >= 0.3 is 0 Å². The van der Waals surface area contributed by atoms with Crippen molar-refractivity contribution < 1.29 is 0 Å². The molecule has 1 atom stereocenters. The van der Waals surface area contributed by atoms with Crippen LogP contribution >= 0.6 is 23.8 Å². The summed E-state index contributed by atoms with van der Waals surface area (Å²) in [7, 11) is 0. The van der Waals surface area contributed by atoms with E-state index in [0.717, 1.165) is 11.1 Å². The van der Waals surface area contributed by atoms with E-state index in [4.69, 9.17) is 23.8 Å². The summed E-state index contributed by atoms with van der Waals surface area (Å²) in [5.41, 5.74) is 2.22. The molecule has 0 saturated carbocycles. The van der Waals surface area contributed by atoms with Crippen LogP contribution in [0.4, 0.5) is 5.95 Å². The van der Waals surface area contributed by atoms with Gasteiger partial charge in [0.1, 0.15) is 6.33 Å². The molecule has 5 nitrogen and oxygen atoms in total. The lowest BCUT2D eigenvalue weighted by Crippen LogP contribution is -2.31. The number of hydrogen-bond acceptors (Lipinski definition) is 3. The van der Waals surface area contributed by atoms with E-state index in [-0.39, 0.29) is 6.04 Å². The van der Waals surface area contributed by atoms with Crippen LogP contribution in [-0.2, 0) is 6.54 Å². The third-order valence-electron chi connectivity index (χ3n) is 3.64. The molecule has 1 aromatic heterocycles. The van der Waals surface area contributed by atoms with Gasteiger partial charge in [0.05, 0.1) is 12.6 Å². The van der Waals surface area contributed by atoms with Crippen molar-refractivity contribution >= 4 is 34.9 Å². The zero-order chi connectivity index (χ0) is 17.6. The molecule has 0 amide bonds. The first-order chi connectivity index (χ1) is 12.1. The van der Waals surface area contributed by atoms with Gasteiger partial charge in [-0.3, -0.25) is 5.32 Å². The van der Waals surface area contributed by atoms with Crippen LogP contribution in [-0.4, -0.2) is 19.9 Å². The van der Waals surface area contributed by atoms with E-state index in [1.165, 1.54) is 0 Å². The summed E-state index contributed by atoms with van der Waals surface area (Å²) in [5.74, 6) is 0.458. The zero-order valence-electron chi connectivity index (χ0n) is 13.7. The number of aromatic nitrogens is 3. The van der Waals surface area contributed by atoms with Gasteiger partial charge in [-0.1, -0.05) is 54.1 Å². The molecule has 3 aromatic rings. The van der Waals surface area contributed by atoms with Crippen molar-refractivity contribution in [3.63, 3.8) is 0 Å². The predicted octanol–water partition coefficient (Wildman–Crippen LogP) is 4.03. The summed E-state index contributed by atoms with van der Waals surface area (Å²) in [6, 6.07) is 17.9. The lowest BCUT2D eigenvalue weighted by Gasteiger charge is -2.16. The molecule has 2 N–H and O–H groups in total. The third kappa shape index (κ3) is 5.01. The molecule has 0 radical (unpaired) electrons. The molecule has 2 aromatic carbocycles. The van der Waals surface area contributed by atoms with Gasteiger partial charge in [0, 0.05) is 5.02 Å². The van der Waals surface area contributed by atoms with E-state index in [1.807, 2.05) is 42.5 Å². The number of hydrogen-bond donors (Lipinski definition) is 2. The molecule has 7 heteroatoms. The maximum Gasteiger partial charge on any atom is 0.248 e. The minimum absolute atomic E-state index is 0.0924. The predicted molar refractivity (Wildman–Crippen MR) is 105 cm³/mol. The van der Waals surface area contributed by atoms with Crippen molar-refractivity contribution in [3.05, 3.63) is 77.1 Å². The van der Waals surface area contributed by atoms with Crippen LogP contribution in [0.25, 0.3) is 0 Å². The fourth-order valence-corrected chi connectivity index (χ4v) is 2.89. The maximum absolute atomic E-state index is 6.00. The van der Waals surface area contributed by atoms with Crippen LogP contribution in [0.1, 0.15) is 24.1 Å². The molecule has 1 unspecified atom stereocenters. The number of benzene rings is 2. The molecular weight excluding hydrogens is 354 g/mol. The van der Waals surface area contributed by atoms with Gasteiger partial charge < -0.3 is 5.32 Å². The fraction of sp³-hybridized carbons (Fsp3) is 0.167. The summed E-state index contributed by atoms with van der Waals surface area (Å²) >= 11 is 11.3. The van der Waals surface area contributed by atoms with Crippen molar-refractivity contribution in [2.45, 2.75) is 19.5 Å². The van der Waals surface area contributed by atoms with E-state index in [0.29, 0.717) is 22.6 Å². The Kier molecular flexibility index (Phi) is 5.63. The molecule has 128 valence electrons. The van der Waals surface area contributed by atoms with Gasteiger partial charge in [-0.05, 0) is 42.4 Å². The highest BCUT2D eigenvalue weighted by molar-refractivity contribution is 7.80. The number of halogens is 1. The maximum atomic E-state index is 6.00. The van der Waals surface area contributed by atoms with E-state index in [9.17, 15) is 0 Å². The molecule has 0 aliphatic heterocycles. The molecular formula is C18H18ClN5S. The Morgan fingerprint density at radius 2 is 2.00 bits per heavy atom. The van der Waals surface area contributed by atoms with Crippen molar-refractivity contribution in [1.82, 2.24) is 20.1 Å². The van der Waals surface area contributed by atoms with Crippen LogP contribution in [0.2, 0.25) is 5.02 Å². The molecule has 1 heterocycles. The number of rotatable bonds is 5. The highest BCUT2D eigenvalue weighted by Crippen LogP contribution is 2.13. The van der Waals surface area contributed by atoms with Gasteiger partial charge in [0.2, 0.25) is 5.95 Å². The summed E-state index contributed by atoms with van der Waals surface area (Å²) in [6.07, 6.45) is 1.66. The Bertz CT molecular complexity index is 849. The lowest BCUT2D eigenvalue weighted by atomic mass is 10.1. The second kappa shape index (κ2) is 8.09. The van der Waals surface area contributed by atoms with Crippen molar-refractivity contribution in [3.8, 4) is 0 Å². The zero-order valence-corrected chi connectivity index (χ0v) is 15.3. The van der Waals surface area contributed by atoms with Crippen LogP contribution in [0, 0.1) is 0 Å². The third-order valence-corrected chi connectivity index (χ3v) is 4.10. The van der Waals surface area contributed by atoms with Crippen LogP contribution in [0.3, 0.4) is 0 Å². The Balaban J connectivity index is 1.56. The van der Waals surface area contributed by atoms with Gasteiger partial charge in [-0.2, -0.15) is 0 Å². The standard InChI is InChI=1S/C18H18ClN5S/c1-13(15-7-3-2-4-8-15)21-18(25)22-17-20-12-24(23-17)11-14-6-5-9-16(19)10-14/h2-10,12-13H,11H2,1H3,(H2,21,22,23,25). The molecule has 0 bridgehead atoms. The van der Waals surface area contributed by atoms with Crippen molar-refractivity contribution in [2.75, 3.05) is 5.32 Å². The topological polar surface area (TPSA) is 54.8 Å². The average Bonchev–Trinajstić information content (AvgIpc) is 3.02. The van der Waals surface area contributed by atoms with E-state index in [2.05, 4.69) is 39.8 Å². The number of thiocarbonyl (C=S) groups is 1. The molecule has 0 aliphatic rings. The molecule has 3 rings (SSSR count). The molecule has 0 saturated heterocycles. The molecule has 25 heavy (non-hydrogen) atoms. The van der Waals surface area contributed by atoms with E-state index < -0.39 is 0 Å². The highest BCUT2D eigenvalue weighted by atomic mass is 35.5. The van der Waals surface area contributed by atoms with Crippen LogP contribution in [0.15, 0.2) is 60.9 Å². The van der Waals surface area contributed by atoms with E-state index >= 15 is 0 Å². The lowest BCUT2D eigenvalue weighted by molar-refractivity contribution is 0.686. The minimum Gasteiger partial charge on any atom is -0.356 e. The van der Waals surface area contributed by atoms with Gasteiger partial charge in [-0.15, -0.1) is 5.10 Å². The number of anilines is 1. The number of nitrogens with zero attached hydrogens (tertiary/aromatic N) is 3. The van der Waals surface area contributed by atoms with Crippen LogP contribution < -0.4 is 10.6 Å². The first-order valence-corrected chi connectivity index (χ1v) is 8.65. The summed E-state index contributed by atoms with van der Waals surface area (Å²) < 4.78 is 1.73. The molecule has 0 fully saturated rings. The summed E-state index contributed by atoms with van der Waals surface area (Å²) in [4.78, 5) is 4.24. The molecule has 0 aliphatic carbocycles. The largest absolute Gasteiger partial charge is 0.356 e. The van der Waals surface area contributed by atoms with Gasteiger partial charge in [0.25, 0.3) is 0 Å². The average molecular weight is 372 g/mol.